The summed E-state index contributed by atoms with van der Waals surface area (Å²) in [5.41, 5.74) is 2.28. The quantitative estimate of drug-likeness (QED) is 0.634. The van der Waals surface area contributed by atoms with Crippen molar-refractivity contribution in [2.75, 3.05) is 24.9 Å². The van der Waals surface area contributed by atoms with Crippen molar-refractivity contribution in [3.05, 3.63) is 78.0 Å². The summed E-state index contributed by atoms with van der Waals surface area (Å²) in [5, 5.41) is 5.91. The molecule has 0 aliphatic heterocycles. The Labute approximate surface area is 162 Å². The molecule has 2 N–H and O–H groups in total. The molecule has 0 spiro atoms. The van der Waals surface area contributed by atoms with Gasteiger partial charge in [-0.05, 0) is 48.5 Å². The van der Waals surface area contributed by atoms with Gasteiger partial charge >= 0.3 is 5.97 Å². The molecule has 7 heteroatoms. The third-order valence-corrected chi connectivity index (χ3v) is 3.93. The van der Waals surface area contributed by atoms with Crippen LogP contribution in [0, 0.1) is 0 Å². The predicted octanol–water partition coefficient (Wildman–Crippen LogP) is 3.87. The van der Waals surface area contributed by atoms with Crippen molar-refractivity contribution in [3.63, 3.8) is 0 Å². The van der Waals surface area contributed by atoms with Gasteiger partial charge in [-0.2, -0.15) is 0 Å². The lowest BCUT2D eigenvalue weighted by Crippen LogP contribution is -2.12. The normalized spacial score (nSPS) is 10.1. The number of anilines is 3. The zero-order chi connectivity index (χ0) is 19.9. The highest BCUT2D eigenvalue weighted by Crippen LogP contribution is 2.19. The van der Waals surface area contributed by atoms with Crippen LogP contribution in [0.3, 0.4) is 0 Å². The summed E-state index contributed by atoms with van der Waals surface area (Å²) in [7, 11) is 2.91. The minimum absolute atomic E-state index is 0.269. The fourth-order valence-corrected chi connectivity index (χ4v) is 2.46. The minimum Gasteiger partial charge on any atom is -0.497 e. The van der Waals surface area contributed by atoms with Crippen LogP contribution in [0.2, 0.25) is 0 Å². The molecule has 0 fully saturated rings. The van der Waals surface area contributed by atoms with E-state index in [0.717, 1.165) is 5.69 Å². The lowest BCUT2D eigenvalue weighted by atomic mass is 10.2. The van der Waals surface area contributed by atoms with Gasteiger partial charge in [0.25, 0.3) is 5.91 Å². The zero-order valence-corrected chi connectivity index (χ0v) is 15.4. The van der Waals surface area contributed by atoms with Gasteiger partial charge in [-0.25, -0.2) is 9.78 Å². The van der Waals surface area contributed by atoms with E-state index in [1.807, 2.05) is 0 Å². The average molecular weight is 377 g/mol. The molecule has 1 heterocycles. The van der Waals surface area contributed by atoms with Crippen LogP contribution in [0.4, 0.5) is 17.2 Å². The third-order valence-electron chi connectivity index (χ3n) is 3.93. The standard InChI is InChI=1S/C21H19N3O4/c1-27-18-5-3-4-17(12-18)24-20(25)15-8-11-19(22-13-15)23-16-9-6-14(7-10-16)21(26)28-2/h3-13H,1-2H3,(H,22,23)(H,24,25). The molecule has 0 atom stereocenters. The second-order valence-electron chi connectivity index (χ2n) is 5.81. The van der Waals surface area contributed by atoms with E-state index in [1.54, 1.807) is 67.8 Å². The molecule has 0 radical (unpaired) electrons. The molecular weight excluding hydrogens is 358 g/mol. The van der Waals surface area contributed by atoms with Gasteiger partial charge in [0.15, 0.2) is 0 Å². The van der Waals surface area contributed by atoms with Crippen LogP contribution in [0.15, 0.2) is 66.9 Å². The van der Waals surface area contributed by atoms with E-state index in [-0.39, 0.29) is 5.91 Å². The zero-order valence-electron chi connectivity index (χ0n) is 15.4. The number of nitrogens with zero attached hydrogens (tertiary/aromatic N) is 1. The molecule has 0 aliphatic carbocycles. The summed E-state index contributed by atoms with van der Waals surface area (Å²) < 4.78 is 9.81. The predicted molar refractivity (Wildman–Crippen MR) is 106 cm³/mol. The number of methoxy groups -OCH3 is 2. The summed E-state index contributed by atoms with van der Waals surface area (Å²) in [6.07, 6.45) is 1.49. The number of hydrogen-bond donors (Lipinski definition) is 2. The van der Waals surface area contributed by atoms with Crippen LogP contribution < -0.4 is 15.4 Å². The number of amides is 1. The lowest BCUT2D eigenvalue weighted by Gasteiger charge is -2.09. The first-order valence-corrected chi connectivity index (χ1v) is 8.46. The maximum atomic E-state index is 12.4. The second-order valence-corrected chi connectivity index (χ2v) is 5.81. The molecule has 3 aromatic rings. The summed E-state index contributed by atoms with van der Waals surface area (Å²) in [4.78, 5) is 28.1. The van der Waals surface area contributed by atoms with Crippen molar-refractivity contribution < 1.29 is 19.1 Å². The van der Waals surface area contributed by atoms with E-state index < -0.39 is 5.97 Å². The highest BCUT2D eigenvalue weighted by atomic mass is 16.5. The lowest BCUT2D eigenvalue weighted by molar-refractivity contribution is 0.0600. The Morgan fingerprint density at radius 3 is 2.29 bits per heavy atom. The molecule has 0 bridgehead atoms. The van der Waals surface area contributed by atoms with Gasteiger partial charge < -0.3 is 20.1 Å². The van der Waals surface area contributed by atoms with Gasteiger partial charge in [0.05, 0.1) is 25.3 Å². The van der Waals surface area contributed by atoms with Gasteiger partial charge in [-0.1, -0.05) is 6.07 Å². The molecule has 0 saturated heterocycles. The van der Waals surface area contributed by atoms with Crippen molar-refractivity contribution in [3.8, 4) is 5.75 Å². The average Bonchev–Trinajstić information content (AvgIpc) is 2.74. The van der Waals surface area contributed by atoms with Crippen LogP contribution in [-0.4, -0.2) is 31.1 Å². The number of pyridine rings is 1. The monoisotopic (exact) mass is 377 g/mol. The van der Waals surface area contributed by atoms with Crippen LogP contribution in [0.25, 0.3) is 0 Å². The molecule has 0 unspecified atom stereocenters. The second kappa shape index (κ2) is 8.68. The molecule has 28 heavy (non-hydrogen) atoms. The molecular formula is C21H19N3O4. The Hall–Kier alpha value is -3.87. The van der Waals surface area contributed by atoms with Gasteiger partial charge in [0, 0.05) is 23.6 Å². The van der Waals surface area contributed by atoms with Gasteiger partial charge in [0.2, 0.25) is 0 Å². The Balaban J connectivity index is 1.64. The fourth-order valence-electron chi connectivity index (χ4n) is 2.46. The molecule has 0 saturated carbocycles. The Morgan fingerprint density at radius 1 is 0.893 bits per heavy atom. The van der Waals surface area contributed by atoms with E-state index >= 15 is 0 Å². The summed E-state index contributed by atoms with van der Waals surface area (Å²) in [6, 6.07) is 17.3. The molecule has 1 aromatic heterocycles. The SMILES string of the molecule is COC(=O)c1ccc(Nc2ccc(C(=O)Nc3cccc(OC)c3)cn2)cc1. The summed E-state index contributed by atoms with van der Waals surface area (Å²) >= 11 is 0. The maximum absolute atomic E-state index is 12.4. The van der Waals surface area contributed by atoms with E-state index in [9.17, 15) is 9.59 Å². The Morgan fingerprint density at radius 2 is 1.64 bits per heavy atom. The van der Waals surface area contributed by atoms with Crippen LogP contribution in [-0.2, 0) is 4.74 Å². The van der Waals surface area contributed by atoms with Gasteiger partial charge in [-0.15, -0.1) is 0 Å². The van der Waals surface area contributed by atoms with E-state index in [0.29, 0.717) is 28.4 Å². The number of hydrogen-bond acceptors (Lipinski definition) is 6. The molecule has 1 amide bonds. The first-order valence-electron chi connectivity index (χ1n) is 8.46. The molecule has 2 aromatic carbocycles. The van der Waals surface area contributed by atoms with Crippen LogP contribution >= 0.6 is 0 Å². The minimum atomic E-state index is -0.393. The Bertz CT molecular complexity index is 970. The van der Waals surface area contributed by atoms with Crippen molar-refractivity contribution in [2.45, 2.75) is 0 Å². The highest BCUT2D eigenvalue weighted by molar-refractivity contribution is 6.04. The van der Waals surface area contributed by atoms with Gasteiger partial charge in [0.1, 0.15) is 11.6 Å². The first kappa shape index (κ1) is 18.9. The largest absolute Gasteiger partial charge is 0.497 e. The molecule has 142 valence electrons. The number of rotatable bonds is 6. The summed E-state index contributed by atoms with van der Waals surface area (Å²) in [5.74, 6) is 0.572. The number of ether oxygens (including phenoxy) is 2. The molecule has 0 aliphatic rings. The molecule has 3 rings (SSSR count). The van der Waals surface area contributed by atoms with E-state index in [1.165, 1.54) is 13.3 Å². The molecule has 7 nitrogen and oxygen atoms in total. The number of carbonyl (C=O) groups is 2. The number of aromatic nitrogens is 1. The van der Waals surface area contributed by atoms with E-state index in [2.05, 4.69) is 20.4 Å². The maximum Gasteiger partial charge on any atom is 0.337 e. The first-order chi connectivity index (χ1) is 13.6. The Kier molecular flexibility index (Phi) is 5.86. The van der Waals surface area contributed by atoms with Crippen molar-refractivity contribution in [1.82, 2.24) is 4.98 Å². The fraction of sp³-hybridized carbons (Fsp3) is 0.0952. The number of carbonyl (C=O) groups excluding carboxylic acids is 2. The number of nitrogens with one attached hydrogen (secondary N) is 2. The van der Waals surface area contributed by atoms with Gasteiger partial charge in [-0.3, -0.25) is 4.79 Å². The van der Waals surface area contributed by atoms with Crippen molar-refractivity contribution >= 4 is 29.1 Å². The highest BCUT2D eigenvalue weighted by Gasteiger charge is 2.08. The van der Waals surface area contributed by atoms with Crippen LogP contribution in [0.1, 0.15) is 20.7 Å². The van der Waals surface area contributed by atoms with Crippen molar-refractivity contribution in [2.24, 2.45) is 0 Å². The van der Waals surface area contributed by atoms with Crippen molar-refractivity contribution in [1.29, 1.82) is 0 Å². The van der Waals surface area contributed by atoms with E-state index in [4.69, 9.17) is 4.74 Å². The number of benzene rings is 2. The smallest absolute Gasteiger partial charge is 0.337 e. The summed E-state index contributed by atoms with van der Waals surface area (Å²) in [6.45, 7) is 0. The third kappa shape index (κ3) is 4.64. The van der Waals surface area contributed by atoms with Crippen LogP contribution in [0.5, 0.6) is 5.75 Å². The topological polar surface area (TPSA) is 89.5 Å². The number of esters is 1.